The van der Waals surface area contributed by atoms with Crippen LogP contribution in [0.25, 0.3) is 0 Å². The van der Waals surface area contributed by atoms with E-state index in [-0.39, 0.29) is 5.91 Å². The summed E-state index contributed by atoms with van der Waals surface area (Å²) in [4.78, 5) is 18.5. The van der Waals surface area contributed by atoms with Crippen LogP contribution in [0.5, 0.6) is 0 Å². The lowest BCUT2D eigenvalue weighted by molar-refractivity contribution is 0.0198. The molecule has 3 rings (SSSR count). The van der Waals surface area contributed by atoms with Crippen LogP contribution in [-0.2, 0) is 4.74 Å². The maximum Gasteiger partial charge on any atom is 0.257 e. The molecule has 1 aliphatic heterocycles. The van der Waals surface area contributed by atoms with Gasteiger partial charge in [-0.25, -0.2) is 4.98 Å². The van der Waals surface area contributed by atoms with Gasteiger partial charge in [0.25, 0.3) is 5.91 Å². The van der Waals surface area contributed by atoms with E-state index in [0.29, 0.717) is 16.8 Å². The van der Waals surface area contributed by atoms with E-state index >= 15 is 0 Å². The van der Waals surface area contributed by atoms with Crippen molar-refractivity contribution in [2.45, 2.75) is 13.0 Å². The third-order valence-electron chi connectivity index (χ3n) is 4.23. The smallest absolute Gasteiger partial charge is 0.257 e. The molecule has 0 spiro atoms. The van der Waals surface area contributed by atoms with Crippen molar-refractivity contribution >= 4 is 23.2 Å². The molecule has 1 amide bonds. The Hall–Kier alpha value is -1.95. The number of rotatable bonds is 4. The highest BCUT2D eigenvalue weighted by atomic mass is 35.5. The summed E-state index contributed by atoms with van der Waals surface area (Å²) in [6.45, 7) is 5.66. The molecule has 0 bridgehead atoms. The first-order chi connectivity index (χ1) is 11.6. The minimum atomic E-state index is -0.201. The fourth-order valence-electron chi connectivity index (χ4n) is 2.73. The highest BCUT2D eigenvalue weighted by Gasteiger charge is 2.18. The van der Waals surface area contributed by atoms with Crippen LogP contribution in [0.1, 0.15) is 28.9 Å². The molecule has 1 aliphatic rings. The Balaban J connectivity index is 1.63. The van der Waals surface area contributed by atoms with Crippen LogP contribution >= 0.6 is 11.6 Å². The molecule has 0 saturated carbocycles. The van der Waals surface area contributed by atoms with E-state index in [2.05, 4.69) is 34.3 Å². The third kappa shape index (κ3) is 4.12. The number of halogens is 1. The number of nitrogens with one attached hydrogen (secondary N) is 1. The van der Waals surface area contributed by atoms with Gasteiger partial charge in [-0.2, -0.15) is 0 Å². The van der Waals surface area contributed by atoms with E-state index in [4.69, 9.17) is 16.3 Å². The van der Waals surface area contributed by atoms with Crippen LogP contribution in [0.3, 0.4) is 0 Å². The van der Waals surface area contributed by atoms with Gasteiger partial charge in [0.2, 0.25) is 0 Å². The zero-order valence-corrected chi connectivity index (χ0v) is 14.3. The number of nitrogens with zero attached hydrogens (tertiary/aromatic N) is 2. The van der Waals surface area contributed by atoms with Crippen molar-refractivity contribution in [1.82, 2.24) is 9.88 Å². The summed E-state index contributed by atoms with van der Waals surface area (Å²) in [5.41, 5.74) is 2.46. The summed E-state index contributed by atoms with van der Waals surface area (Å²) in [6.07, 6.45) is 1.46. The Morgan fingerprint density at radius 2 is 1.92 bits per heavy atom. The van der Waals surface area contributed by atoms with Gasteiger partial charge in [0.1, 0.15) is 5.15 Å². The number of carbonyl (C=O) groups excluding carboxylic acids is 1. The first-order valence-corrected chi connectivity index (χ1v) is 8.36. The molecule has 24 heavy (non-hydrogen) atoms. The quantitative estimate of drug-likeness (QED) is 0.863. The number of pyridine rings is 1. The normalized spacial score (nSPS) is 16.6. The van der Waals surface area contributed by atoms with Gasteiger partial charge in [0, 0.05) is 31.0 Å². The third-order valence-corrected chi connectivity index (χ3v) is 4.46. The fraction of sp³-hybridized carbons (Fsp3) is 0.333. The van der Waals surface area contributed by atoms with Crippen molar-refractivity contribution in [1.29, 1.82) is 0 Å². The standard InChI is InChI=1S/C18H20ClN3O2/c1-13(22-8-10-24-11-9-22)14-2-5-16(6-3-14)21-18(23)15-4-7-17(19)20-12-15/h2-7,12-13H,8-11H2,1H3,(H,21,23)/t13-/m0/s1. The van der Waals surface area contributed by atoms with E-state index in [0.717, 1.165) is 32.0 Å². The number of morpholine rings is 1. The molecule has 1 saturated heterocycles. The average molecular weight is 346 g/mol. The first-order valence-electron chi connectivity index (χ1n) is 7.98. The van der Waals surface area contributed by atoms with Crippen molar-refractivity contribution in [3.63, 3.8) is 0 Å². The summed E-state index contributed by atoms with van der Waals surface area (Å²) in [7, 11) is 0. The van der Waals surface area contributed by atoms with Crippen LogP contribution in [0.2, 0.25) is 5.15 Å². The van der Waals surface area contributed by atoms with Crippen LogP contribution in [0.4, 0.5) is 5.69 Å². The summed E-state index contributed by atoms with van der Waals surface area (Å²) in [5, 5.41) is 3.24. The second-order valence-corrected chi connectivity index (χ2v) is 6.16. The van der Waals surface area contributed by atoms with E-state index in [1.54, 1.807) is 12.1 Å². The van der Waals surface area contributed by atoms with Crippen molar-refractivity contribution in [3.05, 3.63) is 58.9 Å². The van der Waals surface area contributed by atoms with Gasteiger partial charge in [-0.3, -0.25) is 9.69 Å². The number of ether oxygens (including phenoxy) is 1. The molecule has 1 atom stereocenters. The minimum Gasteiger partial charge on any atom is -0.379 e. The molecule has 5 nitrogen and oxygen atoms in total. The van der Waals surface area contributed by atoms with Crippen LogP contribution in [0.15, 0.2) is 42.6 Å². The Morgan fingerprint density at radius 3 is 2.54 bits per heavy atom. The SMILES string of the molecule is C[C@@H](c1ccc(NC(=O)c2ccc(Cl)nc2)cc1)N1CCOCC1. The van der Waals surface area contributed by atoms with Crippen molar-refractivity contribution in [2.24, 2.45) is 0 Å². The monoisotopic (exact) mass is 345 g/mol. The Labute approximate surface area is 146 Å². The molecule has 6 heteroatoms. The fourth-order valence-corrected chi connectivity index (χ4v) is 2.85. The van der Waals surface area contributed by atoms with Gasteiger partial charge in [-0.15, -0.1) is 0 Å². The van der Waals surface area contributed by atoms with Gasteiger partial charge in [-0.1, -0.05) is 23.7 Å². The predicted molar refractivity (Wildman–Crippen MR) is 94.4 cm³/mol. The lowest BCUT2D eigenvalue weighted by Crippen LogP contribution is -2.37. The maximum absolute atomic E-state index is 12.2. The molecule has 2 aromatic rings. The van der Waals surface area contributed by atoms with Gasteiger partial charge >= 0.3 is 0 Å². The number of aromatic nitrogens is 1. The number of anilines is 1. The molecule has 0 aliphatic carbocycles. The number of hydrogen-bond donors (Lipinski definition) is 1. The van der Waals surface area contributed by atoms with Crippen LogP contribution in [0, 0.1) is 0 Å². The van der Waals surface area contributed by atoms with Crippen LogP contribution in [-0.4, -0.2) is 42.1 Å². The van der Waals surface area contributed by atoms with Gasteiger partial charge < -0.3 is 10.1 Å². The second-order valence-electron chi connectivity index (χ2n) is 5.77. The van der Waals surface area contributed by atoms with E-state index in [9.17, 15) is 4.79 Å². The van der Waals surface area contributed by atoms with Gasteiger partial charge in [0.05, 0.1) is 18.8 Å². The maximum atomic E-state index is 12.2. The molecule has 1 N–H and O–H groups in total. The number of amides is 1. The largest absolute Gasteiger partial charge is 0.379 e. The topological polar surface area (TPSA) is 54.5 Å². The van der Waals surface area contributed by atoms with Crippen LogP contribution < -0.4 is 5.32 Å². The molecule has 0 radical (unpaired) electrons. The molecule has 1 fully saturated rings. The first kappa shape index (κ1) is 16.9. The minimum absolute atomic E-state index is 0.201. The Morgan fingerprint density at radius 1 is 1.21 bits per heavy atom. The Kier molecular flexibility index (Phi) is 5.45. The zero-order valence-electron chi connectivity index (χ0n) is 13.5. The summed E-state index contributed by atoms with van der Waals surface area (Å²) in [5.74, 6) is -0.201. The molecule has 1 aromatic heterocycles. The number of benzene rings is 1. The highest BCUT2D eigenvalue weighted by molar-refractivity contribution is 6.29. The summed E-state index contributed by atoms with van der Waals surface area (Å²) in [6, 6.07) is 11.5. The van der Waals surface area contributed by atoms with Crippen molar-refractivity contribution in [3.8, 4) is 0 Å². The molecule has 1 aromatic carbocycles. The summed E-state index contributed by atoms with van der Waals surface area (Å²) >= 11 is 5.73. The predicted octanol–water partition coefficient (Wildman–Crippen LogP) is 3.38. The van der Waals surface area contributed by atoms with Crippen molar-refractivity contribution in [2.75, 3.05) is 31.6 Å². The Bertz CT molecular complexity index is 682. The van der Waals surface area contributed by atoms with Gasteiger partial charge in [0.15, 0.2) is 0 Å². The molecular weight excluding hydrogens is 326 g/mol. The highest BCUT2D eigenvalue weighted by Crippen LogP contribution is 2.23. The van der Waals surface area contributed by atoms with E-state index < -0.39 is 0 Å². The number of carbonyl (C=O) groups is 1. The molecule has 2 heterocycles. The second kappa shape index (κ2) is 7.75. The zero-order chi connectivity index (χ0) is 16.9. The molecule has 126 valence electrons. The van der Waals surface area contributed by atoms with Gasteiger partial charge in [-0.05, 0) is 36.8 Å². The molecule has 0 unspecified atom stereocenters. The van der Waals surface area contributed by atoms with Crippen molar-refractivity contribution < 1.29 is 9.53 Å². The lowest BCUT2D eigenvalue weighted by Gasteiger charge is -2.32. The van der Waals surface area contributed by atoms with E-state index in [1.807, 2.05) is 12.1 Å². The average Bonchev–Trinajstić information content (AvgIpc) is 2.63. The summed E-state index contributed by atoms with van der Waals surface area (Å²) < 4.78 is 5.40. The molecular formula is C18H20ClN3O2. The van der Waals surface area contributed by atoms with E-state index in [1.165, 1.54) is 11.8 Å². The number of hydrogen-bond acceptors (Lipinski definition) is 4. The lowest BCUT2D eigenvalue weighted by atomic mass is 10.1.